The second kappa shape index (κ2) is 6.76. The third kappa shape index (κ3) is 3.25. The van der Waals surface area contributed by atoms with E-state index in [1.54, 1.807) is 13.2 Å². The number of halogens is 1. The van der Waals surface area contributed by atoms with Gasteiger partial charge in [0, 0.05) is 34.8 Å². The molecular formula is C19H16FN3O2S. The molecule has 0 radical (unpaired) electrons. The van der Waals surface area contributed by atoms with Crippen molar-refractivity contribution in [3.05, 3.63) is 53.2 Å². The Hall–Kier alpha value is -2.93. The molecule has 1 aliphatic rings. The van der Waals surface area contributed by atoms with Crippen molar-refractivity contribution < 1.29 is 13.9 Å². The summed E-state index contributed by atoms with van der Waals surface area (Å²) in [6.07, 6.45) is 1.02. The molecule has 132 valence electrons. The number of carbonyl (C=O) groups excluding carboxylic acids is 1. The fourth-order valence-electron chi connectivity index (χ4n) is 2.88. The van der Waals surface area contributed by atoms with Gasteiger partial charge in [0.25, 0.3) is 0 Å². The summed E-state index contributed by atoms with van der Waals surface area (Å²) in [5.41, 5.74) is 3.33. The van der Waals surface area contributed by atoms with Gasteiger partial charge in [-0.2, -0.15) is 0 Å². The molecular weight excluding hydrogens is 353 g/mol. The summed E-state index contributed by atoms with van der Waals surface area (Å²) in [6.45, 7) is 0. The van der Waals surface area contributed by atoms with Gasteiger partial charge in [0.15, 0.2) is 5.13 Å². The van der Waals surface area contributed by atoms with Gasteiger partial charge in [-0.25, -0.2) is 9.37 Å². The van der Waals surface area contributed by atoms with Crippen molar-refractivity contribution in [3.8, 4) is 17.0 Å². The molecule has 0 aliphatic carbocycles. The number of nitrogens with zero attached hydrogens (tertiary/aromatic N) is 1. The fraction of sp³-hybridized carbons (Fsp3) is 0.158. The highest BCUT2D eigenvalue weighted by molar-refractivity contribution is 7.14. The highest BCUT2D eigenvalue weighted by atomic mass is 32.1. The molecule has 1 aromatic heterocycles. The molecule has 2 heterocycles. The second-order valence-corrected chi connectivity index (χ2v) is 6.79. The Morgan fingerprint density at radius 3 is 3.00 bits per heavy atom. The van der Waals surface area contributed by atoms with E-state index in [0.29, 0.717) is 34.9 Å². The van der Waals surface area contributed by atoms with Crippen LogP contribution < -0.4 is 15.4 Å². The molecule has 3 aromatic rings. The van der Waals surface area contributed by atoms with Crippen LogP contribution in [0, 0.1) is 5.82 Å². The van der Waals surface area contributed by atoms with Gasteiger partial charge in [0.1, 0.15) is 11.6 Å². The first-order valence-corrected chi connectivity index (χ1v) is 8.99. The zero-order valence-electron chi connectivity index (χ0n) is 14.0. The van der Waals surface area contributed by atoms with Crippen LogP contribution in [0.15, 0.2) is 41.8 Å². The lowest BCUT2D eigenvalue weighted by Gasteiger charge is -2.17. The Balaban J connectivity index is 1.61. The highest BCUT2D eigenvalue weighted by Crippen LogP contribution is 2.34. The van der Waals surface area contributed by atoms with Crippen LogP contribution in [0.4, 0.5) is 20.9 Å². The number of fused-ring (bicyclic) bond motifs is 1. The van der Waals surface area contributed by atoms with Crippen molar-refractivity contribution >= 4 is 33.8 Å². The number of ether oxygens (including phenoxy) is 1. The topological polar surface area (TPSA) is 63.2 Å². The van der Waals surface area contributed by atoms with E-state index in [2.05, 4.69) is 15.6 Å². The van der Waals surface area contributed by atoms with Crippen LogP contribution in [0.2, 0.25) is 0 Å². The number of amides is 1. The van der Waals surface area contributed by atoms with Crippen LogP contribution >= 0.6 is 11.3 Å². The first kappa shape index (κ1) is 16.5. The quantitative estimate of drug-likeness (QED) is 0.706. The summed E-state index contributed by atoms with van der Waals surface area (Å²) in [7, 11) is 1.61. The number of anilines is 3. The highest BCUT2D eigenvalue weighted by Gasteiger charge is 2.19. The van der Waals surface area contributed by atoms with E-state index in [1.807, 2.05) is 29.6 Å². The molecule has 0 fully saturated rings. The standard InChI is InChI=1S/C19H16FN3O2S/c1-25-13-4-2-3-12(8-13)21-19-23-17(10-26-19)14-7-11-5-6-18(24)22-16(11)9-15(14)20/h2-4,7-10H,5-6H2,1H3,(H,21,23)(H,22,24). The van der Waals surface area contributed by atoms with Crippen molar-refractivity contribution in [2.75, 3.05) is 17.7 Å². The first-order valence-electron chi connectivity index (χ1n) is 8.11. The molecule has 0 bridgehead atoms. The molecule has 0 unspecified atom stereocenters. The summed E-state index contributed by atoms with van der Waals surface area (Å²) in [6, 6.07) is 10.7. The Morgan fingerprint density at radius 2 is 2.15 bits per heavy atom. The van der Waals surface area contributed by atoms with Gasteiger partial charge < -0.3 is 15.4 Å². The smallest absolute Gasteiger partial charge is 0.224 e. The van der Waals surface area contributed by atoms with E-state index in [1.165, 1.54) is 17.4 Å². The monoisotopic (exact) mass is 369 g/mol. The number of rotatable bonds is 4. The van der Waals surface area contributed by atoms with Crippen molar-refractivity contribution in [2.45, 2.75) is 12.8 Å². The lowest BCUT2D eigenvalue weighted by molar-refractivity contribution is -0.116. The number of aromatic nitrogens is 1. The number of hydrogen-bond acceptors (Lipinski definition) is 5. The number of hydrogen-bond donors (Lipinski definition) is 2. The molecule has 26 heavy (non-hydrogen) atoms. The van der Waals surface area contributed by atoms with Gasteiger partial charge in [-0.05, 0) is 36.2 Å². The number of benzene rings is 2. The maximum Gasteiger partial charge on any atom is 0.224 e. The SMILES string of the molecule is COc1cccc(Nc2nc(-c3cc4c(cc3F)NC(=O)CC4)cs2)c1. The van der Waals surface area contributed by atoms with E-state index < -0.39 is 5.82 Å². The van der Waals surface area contributed by atoms with E-state index in [4.69, 9.17) is 4.74 Å². The Bertz CT molecular complexity index is 987. The van der Waals surface area contributed by atoms with Crippen molar-refractivity contribution in [1.29, 1.82) is 0 Å². The van der Waals surface area contributed by atoms with Crippen LogP contribution in [0.5, 0.6) is 5.75 Å². The maximum absolute atomic E-state index is 14.5. The largest absolute Gasteiger partial charge is 0.497 e. The van der Waals surface area contributed by atoms with E-state index in [0.717, 1.165) is 17.0 Å². The van der Waals surface area contributed by atoms with Gasteiger partial charge >= 0.3 is 0 Å². The number of methoxy groups -OCH3 is 1. The van der Waals surface area contributed by atoms with Gasteiger partial charge in [-0.15, -0.1) is 11.3 Å². The lowest BCUT2D eigenvalue weighted by Crippen LogP contribution is -2.19. The summed E-state index contributed by atoms with van der Waals surface area (Å²) in [4.78, 5) is 15.9. The summed E-state index contributed by atoms with van der Waals surface area (Å²) in [5, 5.41) is 8.39. The average molecular weight is 369 g/mol. The van der Waals surface area contributed by atoms with Crippen LogP contribution in [0.3, 0.4) is 0 Å². The third-order valence-corrected chi connectivity index (χ3v) is 4.95. The molecule has 2 aromatic carbocycles. The molecule has 4 rings (SSSR count). The Kier molecular flexibility index (Phi) is 4.30. The molecule has 1 amide bonds. The van der Waals surface area contributed by atoms with Crippen LogP contribution in [-0.2, 0) is 11.2 Å². The minimum Gasteiger partial charge on any atom is -0.497 e. The molecule has 0 saturated heterocycles. The normalized spacial score (nSPS) is 13.1. The van der Waals surface area contributed by atoms with E-state index in [9.17, 15) is 9.18 Å². The molecule has 1 aliphatic heterocycles. The molecule has 7 heteroatoms. The number of carbonyl (C=O) groups is 1. The molecule has 2 N–H and O–H groups in total. The molecule has 0 atom stereocenters. The van der Waals surface area contributed by atoms with Gasteiger partial charge in [0.2, 0.25) is 5.91 Å². The molecule has 0 spiro atoms. The predicted molar refractivity (Wildman–Crippen MR) is 101 cm³/mol. The maximum atomic E-state index is 14.5. The van der Waals surface area contributed by atoms with Crippen molar-refractivity contribution in [1.82, 2.24) is 4.98 Å². The average Bonchev–Trinajstić information content (AvgIpc) is 3.09. The zero-order valence-corrected chi connectivity index (χ0v) is 14.8. The van der Waals surface area contributed by atoms with Gasteiger partial charge in [-0.3, -0.25) is 4.79 Å². The van der Waals surface area contributed by atoms with Crippen LogP contribution in [0.25, 0.3) is 11.3 Å². The number of nitrogens with one attached hydrogen (secondary N) is 2. The minimum atomic E-state index is -0.399. The summed E-state index contributed by atoms with van der Waals surface area (Å²) in [5.74, 6) is 0.266. The van der Waals surface area contributed by atoms with Crippen molar-refractivity contribution in [2.24, 2.45) is 0 Å². The van der Waals surface area contributed by atoms with Crippen molar-refractivity contribution in [3.63, 3.8) is 0 Å². The first-order chi connectivity index (χ1) is 12.6. The number of aryl methyl sites for hydroxylation is 1. The predicted octanol–water partition coefficient (Wildman–Crippen LogP) is 4.59. The Morgan fingerprint density at radius 1 is 1.27 bits per heavy atom. The minimum absolute atomic E-state index is 0.0805. The fourth-order valence-corrected chi connectivity index (χ4v) is 3.61. The Labute approximate surface area is 153 Å². The molecule has 0 saturated carbocycles. The van der Waals surface area contributed by atoms with E-state index >= 15 is 0 Å². The van der Waals surface area contributed by atoms with Crippen LogP contribution in [0.1, 0.15) is 12.0 Å². The van der Waals surface area contributed by atoms with E-state index in [-0.39, 0.29) is 5.91 Å². The number of thiazole rings is 1. The second-order valence-electron chi connectivity index (χ2n) is 5.93. The summed E-state index contributed by atoms with van der Waals surface area (Å²) < 4.78 is 19.7. The third-order valence-electron chi connectivity index (χ3n) is 4.19. The lowest BCUT2D eigenvalue weighted by atomic mass is 9.99. The summed E-state index contributed by atoms with van der Waals surface area (Å²) >= 11 is 1.40. The van der Waals surface area contributed by atoms with Crippen LogP contribution in [-0.4, -0.2) is 18.0 Å². The molecule has 5 nitrogen and oxygen atoms in total. The van der Waals surface area contributed by atoms with Gasteiger partial charge in [0.05, 0.1) is 12.8 Å². The zero-order chi connectivity index (χ0) is 18.1. The van der Waals surface area contributed by atoms with Gasteiger partial charge in [-0.1, -0.05) is 6.07 Å².